The van der Waals surface area contributed by atoms with Gasteiger partial charge in [-0.2, -0.15) is 0 Å². The Balaban J connectivity index is 1.36. The summed E-state index contributed by atoms with van der Waals surface area (Å²) in [5.41, 5.74) is 0. The maximum absolute atomic E-state index is 12.7. The number of hydrogen-bond donors (Lipinski definition) is 2. The summed E-state index contributed by atoms with van der Waals surface area (Å²) in [6.45, 7) is 4.10. The Hall–Kier alpha value is -0.570. The van der Waals surface area contributed by atoms with E-state index in [0.717, 1.165) is 51.9 Å². The van der Waals surface area contributed by atoms with Gasteiger partial charge in [0.2, 0.25) is 0 Å². The van der Waals surface area contributed by atoms with Gasteiger partial charge in [-0.1, -0.05) is 0 Å². The van der Waals surface area contributed by atoms with Gasteiger partial charge < -0.3 is 29.6 Å². The Labute approximate surface area is 130 Å². The second kappa shape index (κ2) is 5.81. The van der Waals surface area contributed by atoms with E-state index >= 15 is 0 Å². The first-order valence-corrected chi connectivity index (χ1v) is 8.29. The molecule has 0 radical (unpaired) electrons. The minimum Gasteiger partial charge on any atom is -0.347 e. The van der Waals surface area contributed by atoms with Crippen LogP contribution in [0.5, 0.6) is 0 Å². The van der Waals surface area contributed by atoms with Crippen LogP contribution in [-0.2, 0) is 23.7 Å². The molecule has 4 rings (SSSR count). The average Bonchev–Trinajstić information content (AvgIpc) is 3.14. The molecule has 0 aromatic carbocycles. The van der Waals surface area contributed by atoms with Gasteiger partial charge in [0.15, 0.2) is 17.4 Å². The molecule has 124 valence electrons. The summed E-state index contributed by atoms with van der Waals surface area (Å²) in [6.07, 6.45) is 2.10. The summed E-state index contributed by atoms with van der Waals surface area (Å²) >= 11 is 0. The second-order valence-corrected chi connectivity index (χ2v) is 6.56. The summed E-state index contributed by atoms with van der Waals surface area (Å²) in [6, 6.07) is 0. The predicted molar refractivity (Wildman–Crippen MR) is 76.3 cm³/mol. The van der Waals surface area contributed by atoms with Gasteiger partial charge in [-0.05, 0) is 0 Å². The minimum absolute atomic E-state index is 0.0363. The molecule has 4 aliphatic heterocycles. The lowest BCUT2D eigenvalue weighted by atomic mass is 10.1. The van der Waals surface area contributed by atoms with E-state index in [1.807, 2.05) is 0 Å². The number of rotatable bonds is 2. The van der Waals surface area contributed by atoms with Gasteiger partial charge in [-0.15, -0.1) is 0 Å². The lowest BCUT2D eigenvalue weighted by Crippen LogP contribution is -2.45. The highest BCUT2D eigenvalue weighted by atomic mass is 16.8. The zero-order valence-electron chi connectivity index (χ0n) is 12.8. The van der Waals surface area contributed by atoms with Gasteiger partial charge in [-0.3, -0.25) is 4.79 Å². The van der Waals surface area contributed by atoms with Crippen molar-refractivity contribution in [3.63, 3.8) is 0 Å². The van der Waals surface area contributed by atoms with Crippen molar-refractivity contribution in [3.05, 3.63) is 0 Å². The lowest BCUT2D eigenvalue weighted by molar-refractivity contribution is -0.196. The van der Waals surface area contributed by atoms with Gasteiger partial charge in [0.25, 0.3) is 0 Å². The first-order chi connectivity index (χ1) is 10.7. The Morgan fingerprint density at radius 2 is 1.18 bits per heavy atom. The predicted octanol–water partition coefficient (Wildman–Crippen LogP) is -0.454. The molecular formula is C15H24N2O5. The van der Waals surface area contributed by atoms with Crippen molar-refractivity contribution in [1.82, 2.24) is 10.6 Å². The first kappa shape index (κ1) is 15.0. The molecule has 4 saturated heterocycles. The van der Waals surface area contributed by atoms with Crippen LogP contribution in [0.4, 0.5) is 0 Å². The van der Waals surface area contributed by atoms with Gasteiger partial charge in [-0.25, -0.2) is 0 Å². The van der Waals surface area contributed by atoms with Gasteiger partial charge >= 0.3 is 0 Å². The number of piperidine rings is 2. The van der Waals surface area contributed by atoms with E-state index in [1.54, 1.807) is 0 Å². The molecule has 0 bridgehead atoms. The Bertz CT molecular complexity index is 394. The maximum Gasteiger partial charge on any atom is 0.195 e. The number of ether oxygens (including phenoxy) is 4. The quantitative estimate of drug-likeness (QED) is 0.715. The molecule has 2 spiro atoms. The molecule has 0 aromatic heterocycles. The molecule has 0 saturated carbocycles. The third-order valence-electron chi connectivity index (χ3n) is 5.07. The number of ketones is 1. The first-order valence-electron chi connectivity index (χ1n) is 8.29. The molecule has 0 aromatic rings. The van der Waals surface area contributed by atoms with Gasteiger partial charge in [0.05, 0.1) is 13.2 Å². The van der Waals surface area contributed by atoms with Crippen molar-refractivity contribution < 1.29 is 23.7 Å². The Kier molecular flexibility index (Phi) is 3.96. The molecule has 0 aliphatic carbocycles. The van der Waals surface area contributed by atoms with Crippen LogP contribution in [0.2, 0.25) is 0 Å². The van der Waals surface area contributed by atoms with Crippen LogP contribution in [-0.4, -0.2) is 69.0 Å². The zero-order valence-corrected chi connectivity index (χ0v) is 12.8. The number of hydrogen-bond acceptors (Lipinski definition) is 7. The standard InChI is InChI=1S/C15H24N2O5/c18-13(11-9-19-14(21-11)1-5-16-6-2-14)12-10-20-15(22-12)3-7-17-8-4-15/h11-12,16-17H,1-10H2. The third kappa shape index (κ3) is 2.70. The van der Waals surface area contributed by atoms with Crippen LogP contribution in [0, 0.1) is 0 Å². The Morgan fingerprint density at radius 3 is 1.59 bits per heavy atom. The molecule has 2 atom stereocenters. The van der Waals surface area contributed by atoms with E-state index in [0.29, 0.717) is 13.2 Å². The Morgan fingerprint density at radius 1 is 0.773 bits per heavy atom. The van der Waals surface area contributed by atoms with Crippen molar-refractivity contribution in [2.45, 2.75) is 49.5 Å². The zero-order chi connectivity index (χ0) is 15.0. The molecule has 4 aliphatic rings. The van der Waals surface area contributed by atoms with Crippen LogP contribution in [0.3, 0.4) is 0 Å². The molecule has 22 heavy (non-hydrogen) atoms. The monoisotopic (exact) mass is 312 g/mol. The SMILES string of the molecule is O=C(C1COC2(CCNCC2)O1)C1COC2(CCNCC2)O1. The second-order valence-electron chi connectivity index (χ2n) is 6.56. The summed E-state index contributed by atoms with van der Waals surface area (Å²) in [5, 5.41) is 6.56. The maximum atomic E-state index is 12.7. The number of nitrogens with one attached hydrogen (secondary N) is 2. The van der Waals surface area contributed by atoms with Crippen molar-refractivity contribution >= 4 is 5.78 Å². The number of Topliss-reactive ketones (excluding diaryl/α,β-unsaturated/α-hetero) is 1. The molecule has 0 amide bonds. The fourth-order valence-corrected chi connectivity index (χ4v) is 3.74. The van der Waals surface area contributed by atoms with E-state index < -0.39 is 23.8 Å². The topological polar surface area (TPSA) is 78.1 Å². The number of carbonyl (C=O) groups excluding carboxylic acids is 1. The van der Waals surface area contributed by atoms with E-state index in [-0.39, 0.29) is 5.78 Å². The highest BCUT2D eigenvalue weighted by Crippen LogP contribution is 2.36. The molecular weight excluding hydrogens is 288 g/mol. The van der Waals surface area contributed by atoms with Crippen LogP contribution in [0.1, 0.15) is 25.7 Å². The van der Waals surface area contributed by atoms with Crippen molar-refractivity contribution in [2.24, 2.45) is 0 Å². The van der Waals surface area contributed by atoms with E-state index in [4.69, 9.17) is 18.9 Å². The lowest BCUT2D eigenvalue weighted by Gasteiger charge is -2.33. The highest BCUT2D eigenvalue weighted by molar-refractivity contribution is 5.88. The number of carbonyl (C=O) groups is 1. The molecule has 2 unspecified atom stereocenters. The van der Waals surface area contributed by atoms with Crippen molar-refractivity contribution in [3.8, 4) is 0 Å². The minimum atomic E-state index is -0.572. The fourth-order valence-electron chi connectivity index (χ4n) is 3.74. The van der Waals surface area contributed by atoms with Crippen LogP contribution in [0.15, 0.2) is 0 Å². The van der Waals surface area contributed by atoms with E-state index in [2.05, 4.69) is 10.6 Å². The molecule has 4 heterocycles. The van der Waals surface area contributed by atoms with Crippen LogP contribution >= 0.6 is 0 Å². The summed E-state index contributed by atoms with van der Waals surface area (Å²) in [4.78, 5) is 12.7. The molecule has 4 fully saturated rings. The smallest absolute Gasteiger partial charge is 0.195 e. The normalized spacial score (nSPS) is 36.9. The molecule has 7 heteroatoms. The summed E-state index contributed by atoms with van der Waals surface area (Å²) < 4.78 is 23.6. The fraction of sp³-hybridized carbons (Fsp3) is 0.933. The molecule has 2 N–H and O–H groups in total. The van der Waals surface area contributed by atoms with E-state index in [9.17, 15) is 4.79 Å². The highest BCUT2D eigenvalue weighted by Gasteiger charge is 2.50. The van der Waals surface area contributed by atoms with Crippen LogP contribution < -0.4 is 10.6 Å². The van der Waals surface area contributed by atoms with Gasteiger partial charge in [0.1, 0.15) is 12.2 Å². The van der Waals surface area contributed by atoms with E-state index in [1.165, 1.54) is 0 Å². The average molecular weight is 312 g/mol. The van der Waals surface area contributed by atoms with Crippen LogP contribution in [0.25, 0.3) is 0 Å². The third-order valence-corrected chi connectivity index (χ3v) is 5.07. The molecule has 7 nitrogen and oxygen atoms in total. The van der Waals surface area contributed by atoms with Gasteiger partial charge in [0, 0.05) is 51.9 Å². The summed E-state index contributed by atoms with van der Waals surface area (Å²) in [7, 11) is 0. The van der Waals surface area contributed by atoms with Crippen molar-refractivity contribution in [2.75, 3.05) is 39.4 Å². The summed E-state index contributed by atoms with van der Waals surface area (Å²) in [5.74, 6) is -1.18. The van der Waals surface area contributed by atoms with Crippen molar-refractivity contribution in [1.29, 1.82) is 0 Å². The largest absolute Gasteiger partial charge is 0.347 e.